The maximum Gasteiger partial charge on any atom is 0.240 e. The van der Waals surface area contributed by atoms with E-state index in [-0.39, 0.29) is 5.82 Å². The summed E-state index contributed by atoms with van der Waals surface area (Å²) in [5.41, 5.74) is 0. The molecule has 0 atom stereocenters. The van der Waals surface area contributed by atoms with Crippen molar-refractivity contribution in [1.29, 1.82) is 0 Å². The number of rotatable bonds is 7. The SMILES string of the molecule is CCCNCc1nc(CSc2cccc(F)c2)no1. The number of thioether (sulfide) groups is 1. The summed E-state index contributed by atoms with van der Waals surface area (Å²) in [5.74, 6) is 1.55. The third-order valence-corrected chi connectivity index (χ3v) is 3.37. The molecule has 0 unspecified atom stereocenters. The van der Waals surface area contributed by atoms with Crippen LogP contribution in [0.5, 0.6) is 0 Å². The van der Waals surface area contributed by atoms with E-state index in [0.717, 1.165) is 17.9 Å². The highest BCUT2D eigenvalue weighted by molar-refractivity contribution is 7.98. The fourth-order valence-electron chi connectivity index (χ4n) is 1.50. The molecule has 0 aliphatic rings. The first-order valence-electron chi connectivity index (χ1n) is 6.18. The highest BCUT2D eigenvalue weighted by Crippen LogP contribution is 2.21. The van der Waals surface area contributed by atoms with Crippen molar-refractivity contribution < 1.29 is 8.91 Å². The van der Waals surface area contributed by atoms with Crippen molar-refractivity contribution in [3.8, 4) is 0 Å². The van der Waals surface area contributed by atoms with Crippen molar-refractivity contribution in [2.24, 2.45) is 0 Å². The third-order valence-electron chi connectivity index (χ3n) is 2.38. The molecule has 4 nitrogen and oxygen atoms in total. The van der Waals surface area contributed by atoms with Crippen LogP contribution in [-0.4, -0.2) is 16.7 Å². The molecule has 1 N–H and O–H groups in total. The lowest BCUT2D eigenvalue weighted by Gasteiger charge is -1.98. The van der Waals surface area contributed by atoms with E-state index in [1.54, 1.807) is 6.07 Å². The Hall–Kier alpha value is -1.40. The Labute approximate surface area is 115 Å². The lowest BCUT2D eigenvalue weighted by Crippen LogP contribution is -2.13. The molecule has 0 radical (unpaired) electrons. The van der Waals surface area contributed by atoms with Gasteiger partial charge in [-0.25, -0.2) is 4.39 Å². The summed E-state index contributed by atoms with van der Waals surface area (Å²) >= 11 is 1.48. The molecule has 2 rings (SSSR count). The van der Waals surface area contributed by atoms with Gasteiger partial charge >= 0.3 is 0 Å². The molecule has 0 bridgehead atoms. The molecule has 0 aliphatic heterocycles. The van der Waals surface area contributed by atoms with Crippen LogP contribution in [0.1, 0.15) is 25.1 Å². The summed E-state index contributed by atoms with van der Waals surface area (Å²) in [5, 5.41) is 7.09. The summed E-state index contributed by atoms with van der Waals surface area (Å²) < 4.78 is 18.1. The average Bonchev–Trinajstić information content (AvgIpc) is 2.85. The molecular formula is C13H16FN3OS. The number of aromatic nitrogens is 2. The van der Waals surface area contributed by atoms with Crippen molar-refractivity contribution in [3.63, 3.8) is 0 Å². The quantitative estimate of drug-likeness (QED) is 0.624. The van der Waals surface area contributed by atoms with Gasteiger partial charge in [0.25, 0.3) is 0 Å². The largest absolute Gasteiger partial charge is 0.338 e. The number of hydrogen-bond acceptors (Lipinski definition) is 5. The Kier molecular flexibility index (Phi) is 5.35. The zero-order chi connectivity index (χ0) is 13.5. The standard InChI is InChI=1S/C13H16FN3OS/c1-2-6-15-8-13-16-12(17-18-13)9-19-11-5-3-4-10(14)7-11/h3-5,7,15H,2,6,8-9H2,1H3. The number of benzene rings is 1. The van der Waals surface area contributed by atoms with E-state index < -0.39 is 0 Å². The first-order chi connectivity index (χ1) is 9.28. The second-order valence-corrected chi connectivity index (χ2v) is 5.08. The molecule has 1 aromatic carbocycles. The topological polar surface area (TPSA) is 51.0 Å². The monoisotopic (exact) mass is 281 g/mol. The van der Waals surface area contributed by atoms with E-state index in [1.165, 1.54) is 23.9 Å². The molecule has 102 valence electrons. The van der Waals surface area contributed by atoms with Crippen LogP contribution in [0, 0.1) is 5.82 Å². The van der Waals surface area contributed by atoms with Crippen LogP contribution in [-0.2, 0) is 12.3 Å². The maximum absolute atomic E-state index is 13.0. The zero-order valence-corrected chi connectivity index (χ0v) is 11.5. The van der Waals surface area contributed by atoms with Gasteiger partial charge in [-0.15, -0.1) is 11.8 Å². The minimum absolute atomic E-state index is 0.234. The van der Waals surface area contributed by atoms with Gasteiger partial charge in [0.1, 0.15) is 5.82 Å². The van der Waals surface area contributed by atoms with Gasteiger partial charge < -0.3 is 9.84 Å². The van der Waals surface area contributed by atoms with E-state index in [2.05, 4.69) is 22.4 Å². The lowest BCUT2D eigenvalue weighted by atomic mass is 10.4. The van der Waals surface area contributed by atoms with E-state index in [9.17, 15) is 4.39 Å². The zero-order valence-electron chi connectivity index (χ0n) is 10.7. The van der Waals surface area contributed by atoms with Gasteiger partial charge in [-0.1, -0.05) is 18.1 Å². The number of nitrogens with one attached hydrogen (secondary N) is 1. The van der Waals surface area contributed by atoms with Crippen LogP contribution in [0.3, 0.4) is 0 Å². The van der Waals surface area contributed by atoms with E-state index in [0.29, 0.717) is 24.0 Å². The molecule has 0 saturated carbocycles. The van der Waals surface area contributed by atoms with Gasteiger partial charge in [-0.2, -0.15) is 4.98 Å². The molecule has 19 heavy (non-hydrogen) atoms. The van der Waals surface area contributed by atoms with Crippen LogP contribution in [0.25, 0.3) is 0 Å². The predicted octanol–water partition coefficient (Wildman–Crippen LogP) is 3.00. The molecular weight excluding hydrogens is 265 g/mol. The van der Waals surface area contributed by atoms with Gasteiger partial charge in [0, 0.05) is 4.90 Å². The second-order valence-electron chi connectivity index (χ2n) is 4.03. The molecule has 1 aromatic heterocycles. The Morgan fingerprint density at radius 2 is 2.32 bits per heavy atom. The fourth-order valence-corrected chi connectivity index (χ4v) is 2.28. The van der Waals surface area contributed by atoms with E-state index in [1.807, 2.05) is 6.07 Å². The van der Waals surface area contributed by atoms with Crippen molar-refractivity contribution in [2.45, 2.75) is 30.5 Å². The van der Waals surface area contributed by atoms with Crippen molar-refractivity contribution in [3.05, 3.63) is 41.8 Å². The van der Waals surface area contributed by atoms with Crippen LogP contribution in [0.2, 0.25) is 0 Å². The lowest BCUT2D eigenvalue weighted by molar-refractivity contribution is 0.364. The number of halogens is 1. The molecule has 0 spiro atoms. The van der Waals surface area contributed by atoms with Crippen molar-refractivity contribution in [2.75, 3.05) is 6.54 Å². The van der Waals surface area contributed by atoms with E-state index >= 15 is 0 Å². The first-order valence-corrected chi connectivity index (χ1v) is 7.17. The van der Waals surface area contributed by atoms with Gasteiger partial charge in [-0.05, 0) is 31.2 Å². The minimum Gasteiger partial charge on any atom is -0.338 e. The van der Waals surface area contributed by atoms with Crippen molar-refractivity contribution in [1.82, 2.24) is 15.5 Å². The van der Waals surface area contributed by atoms with Crippen LogP contribution in [0.4, 0.5) is 4.39 Å². The summed E-state index contributed by atoms with van der Waals surface area (Å²) in [6.45, 7) is 3.61. The van der Waals surface area contributed by atoms with Crippen molar-refractivity contribution >= 4 is 11.8 Å². The fraction of sp³-hybridized carbons (Fsp3) is 0.385. The highest BCUT2D eigenvalue weighted by Gasteiger charge is 2.06. The molecule has 0 aliphatic carbocycles. The normalized spacial score (nSPS) is 10.8. The Morgan fingerprint density at radius 1 is 1.42 bits per heavy atom. The van der Waals surface area contributed by atoms with Crippen LogP contribution < -0.4 is 5.32 Å². The number of nitrogens with zero attached hydrogens (tertiary/aromatic N) is 2. The first kappa shape index (κ1) is 14.0. The summed E-state index contributed by atoms with van der Waals surface area (Å²) in [4.78, 5) is 5.12. The minimum atomic E-state index is -0.234. The van der Waals surface area contributed by atoms with Gasteiger partial charge in [0.05, 0.1) is 12.3 Å². The van der Waals surface area contributed by atoms with Gasteiger partial charge in [0.15, 0.2) is 5.82 Å². The maximum atomic E-state index is 13.0. The number of hydrogen-bond donors (Lipinski definition) is 1. The summed E-state index contributed by atoms with van der Waals surface area (Å²) in [6.07, 6.45) is 1.07. The average molecular weight is 281 g/mol. The van der Waals surface area contributed by atoms with Crippen LogP contribution >= 0.6 is 11.8 Å². The Balaban J connectivity index is 1.83. The molecule has 2 aromatic rings. The Bertz CT molecular complexity index is 518. The van der Waals surface area contributed by atoms with E-state index in [4.69, 9.17) is 4.52 Å². The smallest absolute Gasteiger partial charge is 0.240 e. The van der Waals surface area contributed by atoms with Crippen LogP contribution in [0.15, 0.2) is 33.7 Å². The van der Waals surface area contributed by atoms with Gasteiger partial charge in [0.2, 0.25) is 5.89 Å². The third kappa shape index (κ3) is 4.65. The predicted molar refractivity (Wildman–Crippen MR) is 72.3 cm³/mol. The van der Waals surface area contributed by atoms with Gasteiger partial charge in [-0.3, -0.25) is 0 Å². The summed E-state index contributed by atoms with van der Waals surface area (Å²) in [7, 11) is 0. The molecule has 0 fully saturated rings. The summed E-state index contributed by atoms with van der Waals surface area (Å²) in [6, 6.07) is 6.47. The molecule has 1 heterocycles. The molecule has 0 amide bonds. The molecule has 6 heteroatoms. The Morgan fingerprint density at radius 3 is 3.11 bits per heavy atom. The highest BCUT2D eigenvalue weighted by atomic mass is 32.2. The second kappa shape index (κ2) is 7.25. The molecule has 0 saturated heterocycles.